The first kappa shape index (κ1) is 35.5. The monoisotopic (exact) mass is 799 g/mol. The molecule has 0 spiro atoms. The molecule has 4 heteroatoms. The van der Waals surface area contributed by atoms with Gasteiger partial charge in [0.05, 0.1) is 28.1 Å². The molecule has 0 aliphatic carbocycles. The highest BCUT2D eigenvalue weighted by Gasteiger charge is 2.37. The van der Waals surface area contributed by atoms with Crippen LogP contribution in [0.2, 0.25) is 0 Å². The molecule has 0 unspecified atom stereocenters. The summed E-state index contributed by atoms with van der Waals surface area (Å²) in [5.74, 6) is 0. The van der Waals surface area contributed by atoms with Gasteiger partial charge in [-0.3, -0.25) is 0 Å². The van der Waals surface area contributed by atoms with Crippen molar-refractivity contribution in [3.05, 3.63) is 223 Å². The van der Waals surface area contributed by atoms with Crippen LogP contribution < -0.4 is 9.80 Å². The number of aromatic nitrogens is 1. The zero-order valence-corrected chi connectivity index (χ0v) is 34.8. The van der Waals surface area contributed by atoms with Crippen molar-refractivity contribution in [2.75, 3.05) is 9.80 Å². The molecule has 0 saturated carbocycles. The van der Waals surface area contributed by atoms with Gasteiger partial charge in [0, 0.05) is 64.7 Å². The van der Waals surface area contributed by atoms with Gasteiger partial charge < -0.3 is 14.4 Å². The fraction of sp³-hybridized carbons (Fsp3) is 0.0526. The quantitative estimate of drug-likeness (QED) is 0.166. The van der Waals surface area contributed by atoms with Gasteiger partial charge in [0.2, 0.25) is 0 Å². The van der Waals surface area contributed by atoms with Crippen LogP contribution in [0, 0.1) is 0 Å². The Balaban J connectivity index is 1.06. The average Bonchev–Trinajstić information content (AvgIpc) is 3.86. The molecule has 1 aliphatic heterocycles. The third-order valence-corrected chi connectivity index (χ3v) is 14.0. The first-order chi connectivity index (χ1) is 30.0. The standard InChI is InChI=1S/C57H41N3S/c1-57(2)48-25-11-14-28-51(48)59(52-29-15-12-26-49(52)57)42-36-46(56-47(37-42)44-23-10-16-31-54(44)61-56)38-32-34-41(35-33-38)58(39-18-5-3-6-19-39)53-30-17-24-45-43-22-9-13-27-50(43)60(55(45)53)40-20-7-4-8-21-40/h3-37H,1-2H3. The molecule has 12 rings (SSSR count). The number of hydrogen-bond acceptors (Lipinski definition) is 3. The van der Waals surface area contributed by atoms with E-state index in [-0.39, 0.29) is 5.41 Å². The molecular formula is C57H41N3S. The number of fused-ring (bicyclic) bond motifs is 8. The molecule has 9 aromatic carbocycles. The fourth-order valence-corrected chi connectivity index (χ4v) is 11.1. The Labute approximate surface area is 359 Å². The second-order valence-electron chi connectivity index (χ2n) is 16.5. The number of benzene rings is 9. The second-order valence-corrected chi connectivity index (χ2v) is 17.6. The van der Waals surface area contributed by atoms with Gasteiger partial charge in [0.1, 0.15) is 0 Å². The van der Waals surface area contributed by atoms with Crippen LogP contribution in [-0.4, -0.2) is 4.57 Å². The third kappa shape index (κ3) is 5.49. The van der Waals surface area contributed by atoms with E-state index in [1.54, 1.807) is 0 Å². The van der Waals surface area contributed by atoms with Crippen LogP contribution in [0.5, 0.6) is 0 Å². The van der Waals surface area contributed by atoms with E-state index in [9.17, 15) is 0 Å². The normalized spacial score (nSPS) is 13.2. The molecule has 0 radical (unpaired) electrons. The first-order valence-corrected chi connectivity index (χ1v) is 21.8. The van der Waals surface area contributed by atoms with Crippen molar-refractivity contribution >= 4 is 87.4 Å². The van der Waals surface area contributed by atoms with Gasteiger partial charge in [-0.1, -0.05) is 147 Å². The minimum atomic E-state index is -0.133. The number of anilines is 6. The lowest BCUT2D eigenvalue weighted by atomic mass is 9.73. The minimum Gasteiger partial charge on any atom is -0.310 e. The summed E-state index contributed by atoms with van der Waals surface area (Å²) in [6, 6.07) is 77.8. The molecule has 1 aliphatic rings. The largest absolute Gasteiger partial charge is 0.310 e. The lowest BCUT2D eigenvalue weighted by molar-refractivity contribution is 0.632. The van der Waals surface area contributed by atoms with Crippen LogP contribution in [0.3, 0.4) is 0 Å². The maximum Gasteiger partial charge on any atom is 0.0782 e. The average molecular weight is 800 g/mol. The van der Waals surface area contributed by atoms with Crippen molar-refractivity contribution in [1.29, 1.82) is 0 Å². The van der Waals surface area contributed by atoms with Crippen LogP contribution in [0.15, 0.2) is 212 Å². The number of thiophene rings is 1. The molecule has 0 amide bonds. The molecule has 11 aromatic rings. The number of nitrogens with zero attached hydrogens (tertiary/aromatic N) is 3. The zero-order valence-electron chi connectivity index (χ0n) is 34.0. The van der Waals surface area contributed by atoms with Crippen LogP contribution in [0.4, 0.5) is 34.1 Å². The van der Waals surface area contributed by atoms with Gasteiger partial charge in [0.15, 0.2) is 0 Å². The van der Waals surface area contributed by atoms with Gasteiger partial charge in [-0.15, -0.1) is 11.3 Å². The van der Waals surface area contributed by atoms with Gasteiger partial charge in [0.25, 0.3) is 0 Å². The Morgan fingerprint density at radius 2 is 1.05 bits per heavy atom. The van der Waals surface area contributed by atoms with Crippen LogP contribution in [0.25, 0.3) is 58.8 Å². The molecule has 3 nitrogen and oxygen atoms in total. The van der Waals surface area contributed by atoms with Crippen molar-refractivity contribution < 1.29 is 0 Å². The Bertz CT molecular complexity index is 3400. The summed E-state index contributed by atoms with van der Waals surface area (Å²) < 4.78 is 5.02. The van der Waals surface area contributed by atoms with Crippen molar-refractivity contribution in [3.8, 4) is 16.8 Å². The molecule has 2 aromatic heterocycles. The number of rotatable bonds is 6. The second kappa shape index (κ2) is 13.8. The molecule has 290 valence electrons. The summed E-state index contributed by atoms with van der Waals surface area (Å²) in [7, 11) is 0. The molecule has 0 bridgehead atoms. The predicted octanol–water partition coefficient (Wildman–Crippen LogP) is 16.4. The van der Waals surface area contributed by atoms with Crippen LogP contribution >= 0.6 is 11.3 Å². The van der Waals surface area contributed by atoms with Gasteiger partial charge in [-0.2, -0.15) is 0 Å². The zero-order chi connectivity index (χ0) is 40.7. The van der Waals surface area contributed by atoms with Crippen molar-refractivity contribution in [2.45, 2.75) is 19.3 Å². The van der Waals surface area contributed by atoms with E-state index in [0.717, 1.165) is 28.4 Å². The maximum atomic E-state index is 2.49. The van der Waals surface area contributed by atoms with E-state index in [4.69, 9.17) is 0 Å². The van der Waals surface area contributed by atoms with E-state index in [0.29, 0.717) is 0 Å². The number of para-hydroxylation sites is 6. The smallest absolute Gasteiger partial charge is 0.0782 e. The first-order valence-electron chi connectivity index (χ1n) is 21.0. The Kier molecular flexibility index (Phi) is 8.06. The van der Waals surface area contributed by atoms with Crippen molar-refractivity contribution in [2.24, 2.45) is 0 Å². The topological polar surface area (TPSA) is 11.4 Å². The molecule has 3 heterocycles. The highest BCUT2D eigenvalue weighted by atomic mass is 32.1. The highest BCUT2D eigenvalue weighted by molar-refractivity contribution is 7.26. The summed E-state index contributed by atoms with van der Waals surface area (Å²) in [4.78, 5) is 4.91. The van der Waals surface area contributed by atoms with E-state index in [1.807, 2.05) is 11.3 Å². The highest BCUT2D eigenvalue weighted by Crippen LogP contribution is 2.54. The number of hydrogen-bond donors (Lipinski definition) is 0. The lowest BCUT2D eigenvalue weighted by Crippen LogP contribution is -2.30. The minimum absolute atomic E-state index is 0.133. The van der Waals surface area contributed by atoms with E-state index < -0.39 is 0 Å². The fourth-order valence-electron chi connectivity index (χ4n) is 9.92. The van der Waals surface area contributed by atoms with Gasteiger partial charge >= 0.3 is 0 Å². The summed E-state index contributed by atoms with van der Waals surface area (Å²) in [6.45, 7) is 4.70. The SMILES string of the molecule is CC1(C)c2ccccc2N(c2cc(-c3ccc(N(c4ccccc4)c4cccc5c6ccccc6n(-c6ccccc6)c45)cc3)c3sc4ccccc4c3c2)c2ccccc21. The molecular weight excluding hydrogens is 759 g/mol. The van der Waals surface area contributed by atoms with E-state index >= 15 is 0 Å². The van der Waals surface area contributed by atoms with Crippen molar-refractivity contribution in [1.82, 2.24) is 4.57 Å². The van der Waals surface area contributed by atoms with Gasteiger partial charge in [-0.05, 0) is 95.6 Å². The molecule has 0 N–H and O–H groups in total. The summed E-state index contributed by atoms with van der Waals surface area (Å²) in [5.41, 5.74) is 15.4. The van der Waals surface area contributed by atoms with Crippen LogP contribution in [0.1, 0.15) is 25.0 Å². The molecule has 0 saturated heterocycles. The van der Waals surface area contributed by atoms with Gasteiger partial charge in [-0.25, -0.2) is 0 Å². The van der Waals surface area contributed by atoms with Crippen molar-refractivity contribution in [3.63, 3.8) is 0 Å². The Morgan fingerprint density at radius 3 is 1.79 bits per heavy atom. The van der Waals surface area contributed by atoms with E-state index in [1.165, 1.54) is 75.6 Å². The summed E-state index contributed by atoms with van der Waals surface area (Å²) >= 11 is 1.88. The summed E-state index contributed by atoms with van der Waals surface area (Å²) in [5, 5.41) is 5.03. The van der Waals surface area contributed by atoms with E-state index in [2.05, 4.69) is 241 Å². The molecule has 0 fully saturated rings. The van der Waals surface area contributed by atoms with Crippen LogP contribution in [-0.2, 0) is 5.41 Å². The third-order valence-electron chi connectivity index (χ3n) is 12.7. The lowest BCUT2D eigenvalue weighted by Gasteiger charge is -2.42. The predicted molar refractivity (Wildman–Crippen MR) is 261 cm³/mol. The molecule has 61 heavy (non-hydrogen) atoms. The Hall–Kier alpha value is -7.40. The maximum absolute atomic E-state index is 2.49. The summed E-state index contributed by atoms with van der Waals surface area (Å²) in [6.07, 6.45) is 0. The molecule has 0 atom stereocenters. The Morgan fingerprint density at radius 1 is 0.459 bits per heavy atom.